The largest absolute Gasteiger partial charge is 0.493 e. The molecule has 0 aliphatic rings. The zero-order valence-electron chi connectivity index (χ0n) is 12.4. The maximum Gasteiger partial charge on any atom is 0.161 e. The predicted octanol–water partition coefficient (Wildman–Crippen LogP) is 3.33. The highest BCUT2D eigenvalue weighted by atomic mass is 32.2. The zero-order valence-corrected chi connectivity index (χ0v) is 13.2. The first-order valence-electron chi connectivity index (χ1n) is 6.74. The van der Waals surface area contributed by atoms with Crippen molar-refractivity contribution in [1.29, 1.82) is 0 Å². The Kier molecular flexibility index (Phi) is 7.75. The van der Waals surface area contributed by atoms with Crippen molar-refractivity contribution in [3.63, 3.8) is 0 Å². The van der Waals surface area contributed by atoms with Gasteiger partial charge in [-0.25, -0.2) is 0 Å². The first-order chi connectivity index (χ1) is 9.21. The molecule has 1 N–H and O–H groups in total. The summed E-state index contributed by atoms with van der Waals surface area (Å²) in [6.45, 7) is 6.79. The van der Waals surface area contributed by atoms with E-state index in [-0.39, 0.29) is 0 Å². The molecule has 0 amide bonds. The van der Waals surface area contributed by atoms with Crippen molar-refractivity contribution in [3.05, 3.63) is 23.8 Å². The van der Waals surface area contributed by atoms with E-state index in [9.17, 15) is 0 Å². The van der Waals surface area contributed by atoms with Gasteiger partial charge in [-0.2, -0.15) is 11.8 Å². The highest BCUT2D eigenvalue weighted by molar-refractivity contribution is 7.99. The first-order valence-corrected chi connectivity index (χ1v) is 8.03. The van der Waals surface area contributed by atoms with Gasteiger partial charge in [-0.3, -0.25) is 0 Å². The van der Waals surface area contributed by atoms with Gasteiger partial charge in [0, 0.05) is 11.8 Å². The average Bonchev–Trinajstić information content (AvgIpc) is 2.44. The highest BCUT2D eigenvalue weighted by Gasteiger charge is 2.05. The number of benzene rings is 1. The Bertz CT molecular complexity index is 371. The van der Waals surface area contributed by atoms with Crippen LogP contribution in [0.5, 0.6) is 11.5 Å². The molecule has 108 valence electrons. The second-order valence-electron chi connectivity index (χ2n) is 4.43. The quantitative estimate of drug-likeness (QED) is 0.704. The van der Waals surface area contributed by atoms with Gasteiger partial charge in [-0.15, -0.1) is 0 Å². The maximum atomic E-state index is 5.57. The number of rotatable bonds is 9. The van der Waals surface area contributed by atoms with E-state index < -0.39 is 0 Å². The summed E-state index contributed by atoms with van der Waals surface area (Å²) >= 11 is 1.91. The summed E-state index contributed by atoms with van der Waals surface area (Å²) in [5, 5.41) is 4.17. The van der Waals surface area contributed by atoms with Gasteiger partial charge in [0.2, 0.25) is 0 Å². The summed E-state index contributed by atoms with van der Waals surface area (Å²) < 4.78 is 10.9. The van der Waals surface area contributed by atoms with Gasteiger partial charge >= 0.3 is 0 Å². The van der Waals surface area contributed by atoms with Crippen LogP contribution in [-0.4, -0.2) is 31.8 Å². The van der Waals surface area contributed by atoms with Crippen LogP contribution in [0.15, 0.2) is 18.2 Å². The standard InChI is InChI=1S/C15H25NO2S/c1-5-18-15-10-13(6-7-14(15)17-3)11-16-9-8-12(2)19-4/h6-7,10,12,16H,5,8-9,11H2,1-4H3. The molecular formula is C15H25NO2S. The monoisotopic (exact) mass is 283 g/mol. The third-order valence-corrected chi connectivity index (χ3v) is 4.03. The minimum Gasteiger partial charge on any atom is -0.493 e. The molecule has 4 heteroatoms. The maximum absolute atomic E-state index is 5.57. The summed E-state index contributed by atoms with van der Waals surface area (Å²) in [5.41, 5.74) is 1.22. The molecule has 0 aliphatic heterocycles. The molecule has 1 atom stereocenters. The van der Waals surface area contributed by atoms with Crippen molar-refractivity contribution in [2.75, 3.05) is 26.5 Å². The third kappa shape index (κ3) is 5.74. The van der Waals surface area contributed by atoms with Crippen LogP contribution >= 0.6 is 11.8 Å². The Balaban J connectivity index is 2.47. The Hall–Kier alpha value is -0.870. The number of hydrogen-bond acceptors (Lipinski definition) is 4. The van der Waals surface area contributed by atoms with Gasteiger partial charge in [0.05, 0.1) is 13.7 Å². The summed E-state index contributed by atoms with van der Waals surface area (Å²) in [7, 11) is 1.67. The molecule has 0 aromatic heterocycles. The smallest absolute Gasteiger partial charge is 0.161 e. The lowest BCUT2D eigenvalue weighted by Gasteiger charge is -2.12. The molecule has 0 bridgehead atoms. The van der Waals surface area contributed by atoms with Gasteiger partial charge in [-0.1, -0.05) is 13.0 Å². The van der Waals surface area contributed by atoms with Crippen LogP contribution in [0.25, 0.3) is 0 Å². The molecule has 3 nitrogen and oxygen atoms in total. The summed E-state index contributed by atoms with van der Waals surface area (Å²) in [4.78, 5) is 0. The van der Waals surface area contributed by atoms with Crippen molar-refractivity contribution < 1.29 is 9.47 Å². The van der Waals surface area contributed by atoms with E-state index >= 15 is 0 Å². The molecule has 0 saturated heterocycles. The fraction of sp³-hybridized carbons (Fsp3) is 0.600. The third-order valence-electron chi connectivity index (χ3n) is 2.99. The minimum absolute atomic E-state index is 0.651. The number of hydrogen-bond donors (Lipinski definition) is 1. The van der Waals surface area contributed by atoms with Gasteiger partial charge < -0.3 is 14.8 Å². The van der Waals surface area contributed by atoms with Crippen molar-refractivity contribution in [2.45, 2.75) is 32.1 Å². The van der Waals surface area contributed by atoms with Gasteiger partial charge in [0.1, 0.15) is 0 Å². The fourth-order valence-corrected chi connectivity index (χ4v) is 2.11. The van der Waals surface area contributed by atoms with Crippen LogP contribution in [-0.2, 0) is 6.54 Å². The van der Waals surface area contributed by atoms with Crippen LogP contribution in [0.3, 0.4) is 0 Å². The summed E-state index contributed by atoms with van der Waals surface area (Å²) in [6.07, 6.45) is 3.35. The second-order valence-corrected chi connectivity index (χ2v) is 5.71. The highest BCUT2D eigenvalue weighted by Crippen LogP contribution is 2.27. The summed E-state index contributed by atoms with van der Waals surface area (Å²) in [5.74, 6) is 1.61. The van der Waals surface area contributed by atoms with Gasteiger partial charge in [0.15, 0.2) is 11.5 Å². The number of methoxy groups -OCH3 is 1. The molecule has 1 aromatic rings. The van der Waals surface area contributed by atoms with E-state index in [1.165, 1.54) is 12.0 Å². The van der Waals surface area contributed by atoms with E-state index in [1.807, 2.05) is 30.8 Å². The minimum atomic E-state index is 0.651. The first kappa shape index (κ1) is 16.2. The van der Waals surface area contributed by atoms with Crippen LogP contribution in [0.4, 0.5) is 0 Å². The topological polar surface area (TPSA) is 30.5 Å². The number of thioether (sulfide) groups is 1. The Morgan fingerprint density at radius 2 is 2.11 bits per heavy atom. The Morgan fingerprint density at radius 1 is 1.32 bits per heavy atom. The van der Waals surface area contributed by atoms with Crippen molar-refractivity contribution >= 4 is 11.8 Å². The lowest BCUT2D eigenvalue weighted by molar-refractivity contribution is 0.310. The normalized spacial score (nSPS) is 12.2. The molecule has 1 unspecified atom stereocenters. The van der Waals surface area contributed by atoms with E-state index in [0.717, 1.165) is 24.6 Å². The van der Waals surface area contributed by atoms with E-state index in [4.69, 9.17) is 9.47 Å². The number of nitrogens with one attached hydrogen (secondary N) is 1. The Labute approximate surface area is 121 Å². The zero-order chi connectivity index (χ0) is 14.1. The molecule has 0 saturated carbocycles. The van der Waals surface area contributed by atoms with Crippen LogP contribution in [0, 0.1) is 0 Å². The van der Waals surface area contributed by atoms with Crippen molar-refractivity contribution in [3.8, 4) is 11.5 Å². The van der Waals surface area contributed by atoms with Crippen molar-refractivity contribution in [2.24, 2.45) is 0 Å². The fourth-order valence-electron chi connectivity index (χ4n) is 1.76. The van der Waals surface area contributed by atoms with E-state index in [2.05, 4.69) is 24.6 Å². The predicted molar refractivity (Wildman–Crippen MR) is 83.5 cm³/mol. The molecule has 0 heterocycles. The van der Waals surface area contributed by atoms with Crippen LogP contribution in [0.1, 0.15) is 25.8 Å². The molecule has 0 radical (unpaired) electrons. The molecule has 1 aromatic carbocycles. The summed E-state index contributed by atoms with van der Waals surface area (Å²) in [6, 6.07) is 6.09. The van der Waals surface area contributed by atoms with Crippen molar-refractivity contribution in [1.82, 2.24) is 5.32 Å². The molecule has 0 aliphatic carbocycles. The molecule has 1 rings (SSSR count). The van der Waals surface area contributed by atoms with Gasteiger partial charge in [-0.05, 0) is 43.8 Å². The second kappa shape index (κ2) is 9.10. The molecule has 19 heavy (non-hydrogen) atoms. The molecule has 0 spiro atoms. The van der Waals surface area contributed by atoms with E-state index in [0.29, 0.717) is 11.9 Å². The van der Waals surface area contributed by atoms with Crippen LogP contribution in [0.2, 0.25) is 0 Å². The lowest BCUT2D eigenvalue weighted by atomic mass is 10.2. The number of ether oxygens (including phenoxy) is 2. The van der Waals surface area contributed by atoms with Gasteiger partial charge in [0.25, 0.3) is 0 Å². The Morgan fingerprint density at radius 3 is 2.74 bits per heavy atom. The lowest BCUT2D eigenvalue weighted by Crippen LogP contribution is -2.17. The SMILES string of the molecule is CCOc1cc(CNCCC(C)SC)ccc1OC. The van der Waals surface area contributed by atoms with E-state index in [1.54, 1.807) is 7.11 Å². The molecular weight excluding hydrogens is 258 g/mol. The molecule has 0 fully saturated rings. The average molecular weight is 283 g/mol. The van der Waals surface area contributed by atoms with Crippen LogP contribution < -0.4 is 14.8 Å².